The predicted molar refractivity (Wildman–Crippen MR) is 159 cm³/mol. The number of amides is 1. The number of carbonyl (C=O) groups excluding carboxylic acids is 2. The third-order valence-corrected chi connectivity index (χ3v) is 7.32. The lowest BCUT2D eigenvalue weighted by Crippen LogP contribution is -2.33. The summed E-state index contributed by atoms with van der Waals surface area (Å²) in [6.07, 6.45) is 0.873. The molecule has 0 radical (unpaired) electrons. The van der Waals surface area contributed by atoms with Gasteiger partial charge >= 0.3 is 0 Å². The summed E-state index contributed by atoms with van der Waals surface area (Å²) in [4.78, 5) is 26.2. The molecule has 0 saturated carbocycles. The maximum absolute atomic E-state index is 13.3. The molecule has 8 nitrogen and oxygen atoms in total. The lowest BCUT2D eigenvalue weighted by molar-refractivity contribution is -0.119. The van der Waals surface area contributed by atoms with Gasteiger partial charge in [-0.1, -0.05) is 68.4 Å². The van der Waals surface area contributed by atoms with Crippen LogP contribution in [0.2, 0.25) is 0 Å². The molecule has 0 aromatic heterocycles. The zero-order valence-electron chi connectivity index (χ0n) is 23.9. The highest BCUT2D eigenvalue weighted by Gasteiger charge is 2.43. The highest BCUT2D eigenvalue weighted by molar-refractivity contribution is 6.00. The first-order valence-electron chi connectivity index (χ1n) is 13.9. The number of nitriles is 1. The van der Waals surface area contributed by atoms with Crippen LogP contribution < -0.4 is 20.5 Å². The number of benzene rings is 3. The molecule has 1 amide bonds. The minimum atomic E-state index is -0.687. The van der Waals surface area contributed by atoms with Crippen LogP contribution in [0.4, 0.5) is 5.69 Å². The van der Waals surface area contributed by atoms with Gasteiger partial charge in [0.05, 0.1) is 12.5 Å². The molecule has 0 spiro atoms. The summed E-state index contributed by atoms with van der Waals surface area (Å²) in [5, 5.41) is 12.9. The third-order valence-electron chi connectivity index (χ3n) is 7.32. The number of carbonyl (C=O) groups is 2. The molecule has 2 aliphatic rings. The van der Waals surface area contributed by atoms with E-state index in [9.17, 15) is 14.9 Å². The van der Waals surface area contributed by atoms with Crippen molar-refractivity contribution in [1.29, 1.82) is 5.26 Å². The van der Waals surface area contributed by atoms with Crippen molar-refractivity contribution in [3.05, 3.63) is 101 Å². The van der Waals surface area contributed by atoms with Crippen LogP contribution in [-0.4, -0.2) is 24.9 Å². The molecule has 0 bridgehead atoms. The molecule has 5 rings (SSSR count). The van der Waals surface area contributed by atoms with E-state index >= 15 is 0 Å². The smallest absolute Gasteiger partial charge is 0.262 e. The zero-order valence-corrected chi connectivity index (χ0v) is 23.9. The summed E-state index contributed by atoms with van der Waals surface area (Å²) < 4.78 is 17.6. The van der Waals surface area contributed by atoms with Crippen LogP contribution in [0.5, 0.6) is 11.5 Å². The molecular formula is C34H33N3O5. The molecule has 1 aliphatic carbocycles. The summed E-state index contributed by atoms with van der Waals surface area (Å²) in [5.74, 6) is 0.161. The van der Waals surface area contributed by atoms with Crippen LogP contribution in [-0.2, 0) is 14.3 Å². The lowest BCUT2D eigenvalue weighted by Gasteiger charge is -2.37. The highest BCUT2D eigenvalue weighted by Crippen LogP contribution is 2.48. The van der Waals surface area contributed by atoms with Crippen molar-refractivity contribution in [1.82, 2.24) is 0 Å². The molecule has 1 heterocycles. The van der Waals surface area contributed by atoms with Gasteiger partial charge in [0, 0.05) is 29.7 Å². The summed E-state index contributed by atoms with van der Waals surface area (Å²) >= 11 is 0. The number of nitrogens with two attached hydrogens (primary N) is 1. The number of ketones is 1. The van der Waals surface area contributed by atoms with Crippen molar-refractivity contribution in [2.45, 2.75) is 39.5 Å². The molecule has 42 heavy (non-hydrogen) atoms. The number of allylic oxidation sites excluding steroid dienone is 3. The Balaban J connectivity index is 1.39. The molecule has 0 unspecified atom stereocenters. The molecule has 3 aromatic rings. The van der Waals surface area contributed by atoms with Gasteiger partial charge in [-0.3, -0.25) is 9.59 Å². The second kappa shape index (κ2) is 11.8. The fourth-order valence-corrected chi connectivity index (χ4v) is 5.50. The largest absolute Gasteiger partial charge is 0.490 e. The van der Waals surface area contributed by atoms with Crippen LogP contribution in [0, 0.1) is 16.7 Å². The van der Waals surface area contributed by atoms with Gasteiger partial charge in [0.2, 0.25) is 5.88 Å². The van der Waals surface area contributed by atoms with Crippen LogP contribution in [0.3, 0.4) is 0 Å². The topological polar surface area (TPSA) is 124 Å². The molecule has 214 valence electrons. The van der Waals surface area contributed by atoms with Crippen LogP contribution in [0.15, 0.2) is 95.6 Å². The van der Waals surface area contributed by atoms with Crippen LogP contribution in [0.25, 0.3) is 11.1 Å². The molecule has 3 aromatic carbocycles. The quantitative estimate of drug-likeness (QED) is 0.333. The van der Waals surface area contributed by atoms with Gasteiger partial charge in [0.15, 0.2) is 23.9 Å². The summed E-state index contributed by atoms with van der Waals surface area (Å²) in [5.41, 5.74) is 9.73. The van der Waals surface area contributed by atoms with Gasteiger partial charge in [-0.2, -0.15) is 5.26 Å². The minimum absolute atomic E-state index is 0.00232. The lowest BCUT2D eigenvalue weighted by atomic mass is 9.70. The number of nitrogens with zero attached hydrogens (tertiary/aromatic N) is 1. The van der Waals surface area contributed by atoms with Crippen LogP contribution >= 0.6 is 0 Å². The second-order valence-electron chi connectivity index (χ2n) is 11.1. The molecule has 0 saturated heterocycles. The highest BCUT2D eigenvalue weighted by atomic mass is 16.5. The Bertz CT molecular complexity index is 1630. The molecule has 3 N–H and O–H groups in total. The van der Waals surface area contributed by atoms with E-state index in [2.05, 4.69) is 11.4 Å². The molecule has 1 aliphatic heterocycles. The maximum atomic E-state index is 13.3. The van der Waals surface area contributed by atoms with Crippen molar-refractivity contribution < 1.29 is 23.8 Å². The van der Waals surface area contributed by atoms with Crippen molar-refractivity contribution in [2.24, 2.45) is 11.1 Å². The van der Waals surface area contributed by atoms with Gasteiger partial charge in [-0.15, -0.1) is 0 Å². The maximum Gasteiger partial charge on any atom is 0.262 e. The fraction of sp³-hybridized carbons (Fsp3) is 0.265. The first-order valence-corrected chi connectivity index (χ1v) is 13.9. The first kappa shape index (κ1) is 28.5. The number of para-hydroxylation sites is 1. The Hall–Kier alpha value is -5.03. The Morgan fingerprint density at radius 3 is 2.52 bits per heavy atom. The van der Waals surface area contributed by atoms with E-state index in [1.165, 1.54) is 0 Å². The van der Waals surface area contributed by atoms with E-state index in [0.29, 0.717) is 53.5 Å². The van der Waals surface area contributed by atoms with E-state index in [1.54, 1.807) is 18.2 Å². The second-order valence-corrected chi connectivity index (χ2v) is 11.1. The molecule has 0 fully saturated rings. The standard InChI is InChI=1S/C34H33N3O5/c1-4-40-28-16-22(31-24(19-35)33(36)42-29-18-34(2,3)17-26(38)32(29)31)14-15-27(28)41-20-30(39)37-25-13-9-8-12-23(25)21-10-6-5-7-11-21/h5-16,31H,4,17-18,20,36H2,1-3H3,(H,37,39)/t31-/m1/s1. The number of ether oxygens (including phenoxy) is 3. The number of hydrogen-bond donors (Lipinski definition) is 2. The molecule has 1 atom stereocenters. The Kier molecular flexibility index (Phi) is 8.03. The number of anilines is 1. The van der Waals surface area contributed by atoms with Crippen molar-refractivity contribution in [2.75, 3.05) is 18.5 Å². The number of rotatable bonds is 8. The average molecular weight is 564 g/mol. The van der Waals surface area contributed by atoms with Crippen molar-refractivity contribution in [3.8, 4) is 28.7 Å². The predicted octanol–water partition coefficient (Wildman–Crippen LogP) is 6.22. The van der Waals surface area contributed by atoms with E-state index < -0.39 is 5.92 Å². The fourth-order valence-electron chi connectivity index (χ4n) is 5.50. The van der Waals surface area contributed by atoms with Gasteiger partial charge in [-0.25, -0.2) is 0 Å². The van der Waals surface area contributed by atoms with Crippen LogP contribution in [0.1, 0.15) is 45.1 Å². The summed E-state index contributed by atoms with van der Waals surface area (Å²) in [7, 11) is 0. The van der Waals surface area contributed by atoms with E-state index in [1.807, 2.05) is 75.4 Å². The summed E-state index contributed by atoms with van der Waals surface area (Å²) in [6, 6.07) is 24.7. The van der Waals surface area contributed by atoms with Gasteiger partial charge in [0.25, 0.3) is 5.91 Å². The molecule has 8 heteroatoms. The van der Waals surface area contributed by atoms with Gasteiger partial charge in [0.1, 0.15) is 17.4 Å². The Morgan fingerprint density at radius 2 is 1.79 bits per heavy atom. The number of nitrogens with one attached hydrogen (secondary N) is 1. The third kappa shape index (κ3) is 5.86. The van der Waals surface area contributed by atoms with E-state index in [-0.39, 0.29) is 35.2 Å². The number of Topliss-reactive ketones (excluding diaryl/α,β-unsaturated/α-hetero) is 1. The van der Waals surface area contributed by atoms with Gasteiger partial charge < -0.3 is 25.3 Å². The average Bonchev–Trinajstić information content (AvgIpc) is 2.96. The normalized spacial score (nSPS) is 17.6. The number of hydrogen-bond acceptors (Lipinski definition) is 7. The molecular weight excluding hydrogens is 530 g/mol. The van der Waals surface area contributed by atoms with Gasteiger partial charge in [-0.05, 0) is 41.7 Å². The van der Waals surface area contributed by atoms with Crippen molar-refractivity contribution in [3.63, 3.8) is 0 Å². The van der Waals surface area contributed by atoms with E-state index in [4.69, 9.17) is 19.9 Å². The minimum Gasteiger partial charge on any atom is -0.490 e. The first-order chi connectivity index (χ1) is 20.2. The summed E-state index contributed by atoms with van der Waals surface area (Å²) in [6.45, 7) is 5.93. The van der Waals surface area contributed by atoms with E-state index in [0.717, 1.165) is 11.1 Å². The SMILES string of the molecule is CCOc1cc([C@@H]2C(C#N)=C(N)OC3=C2C(=O)CC(C)(C)C3)ccc1OCC(=O)Nc1ccccc1-c1ccccc1. The Morgan fingerprint density at radius 1 is 1.05 bits per heavy atom. The Labute approximate surface area is 245 Å². The zero-order chi connectivity index (χ0) is 29.9. The van der Waals surface area contributed by atoms with Crippen molar-refractivity contribution >= 4 is 17.4 Å². The monoisotopic (exact) mass is 563 g/mol.